The van der Waals surface area contributed by atoms with Gasteiger partial charge in [-0.2, -0.15) is 0 Å². The van der Waals surface area contributed by atoms with Gasteiger partial charge in [0.15, 0.2) is 0 Å². The number of thiazole rings is 1. The quantitative estimate of drug-likeness (QED) is 0.658. The maximum atomic E-state index is 12.2. The summed E-state index contributed by atoms with van der Waals surface area (Å²) in [5.74, 6) is 0. The van der Waals surface area contributed by atoms with Gasteiger partial charge in [0.2, 0.25) is 5.06 Å². The van der Waals surface area contributed by atoms with Crippen LogP contribution < -0.4 is 10.1 Å². The SMILES string of the molecule is Cc1nc(CCc2conc2-c2ccccn2)sc1OC(=O)NC1CCOCC1. The van der Waals surface area contributed by atoms with Crippen LogP contribution in [0.3, 0.4) is 0 Å². The number of carbonyl (C=O) groups excluding carboxylic acids is 1. The standard InChI is InChI=1S/C20H22N4O4S/c1-13-19(28-20(25)23-15-7-10-26-11-8-15)29-17(22-13)6-5-14-12-27-24-18(14)16-4-2-3-9-21-16/h2-4,9,12,15H,5-8,10-11H2,1H3,(H,23,25). The Morgan fingerprint density at radius 2 is 2.17 bits per heavy atom. The summed E-state index contributed by atoms with van der Waals surface area (Å²) >= 11 is 1.39. The summed E-state index contributed by atoms with van der Waals surface area (Å²) in [4.78, 5) is 21.0. The molecule has 29 heavy (non-hydrogen) atoms. The molecule has 9 heteroatoms. The molecule has 4 heterocycles. The highest BCUT2D eigenvalue weighted by Crippen LogP contribution is 2.29. The van der Waals surface area contributed by atoms with Crippen molar-refractivity contribution in [3.63, 3.8) is 0 Å². The molecule has 1 saturated heterocycles. The lowest BCUT2D eigenvalue weighted by molar-refractivity contribution is 0.0779. The molecule has 4 rings (SSSR count). The van der Waals surface area contributed by atoms with Crippen molar-refractivity contribution in [3.05, 3.63) is 46.9 Å². The number of nitrogens with one attached hydrogen (secondary N) is 1. The normalized spacial score (nSPS) is 14.7. The van der Waals surface area contributed by atoms with Crippen LogP contribution in [0.2, 0.25) is 0 Å². The Labute approximate surface area is 172 Å². The Bertz CT molecular complexity index is 951. The molecule has 0 atom stereocenters. The number of hydrogen-bond acceptors (Lipinski definition) is 8. The first-order valence-corrected chi connectivity index (χ1v) is 10.4. The summed E-state index contributed by atoms with van der Waals surface area (Å²) < 4.78 is 15.9. The topological polar surface area (TPSA) is 99.4 Å². The smallest absolute Gasteiger partial charge is 0.397 e. The fourth-order valence-electron chi connectivity index (χ4n) is 3.15. The maximum Gasteiger partial charge on any atom is 0.413 e. The van der Waals surface area contributed by atoms with E-state index < -0.39 is 6.09 Å². The molecular formula is C20H22N4O4S. The number of aryl methyl sites for hydroxylation is 3. The van der Waals surface area contributed by atoms with E-state index in [0.29, 0.717) is 36.8 Å². The van der Waals surface area contributed by atoms with Crippen LogP contribution in [0.4, 0.5) is 4.79 Å². The molecule has 0 aliphatic carbocycles. The first kappa shape index (κ1) is 19.5. The number of pyridine rings is 1. The number of nitrogens with zero attached hydrogens (tertiary/aromatic N) is 3. The van der Waals surface area contributed by atoms with Crippen LogP contribution in [0.1, 0.15) is 29.1 Å². The summed E-state index contributed by atoms with van der Waals surface area (Å²) in [5, 5.41) is 8.39. The van der Waals surface area contributed by atoms with E-state index in [1.807, 2.05) is 25.1 Å². The number of hydrogen-bond donors (Lipinski definition) is 1. The molecule has 0 saturated carbocycles. The monoisotopic (exact) mass is 414 g/mol. The average Bonchev–Trinajstić information content (AvgIpc) is 3.34. The molecule has 1 aliphatic heterocycles. The molecule has 1 fully saturated rings. The van der Waals surface area contributed by atoms with Gasteiger partial charge >= 0.3 is 6.09 Å². The van der Waals surface area contributed by atoms with E-state index >= 15 is 0 Å². The second-order valence-electron chi connectivity index (χ2n) is 6.80. The zero-order valence-corrected chi connectivity index (χ0v) is 16.9. The van der Waals surface area contributed by atoms with Crippen molar-refractivity contribution in [2.45, 2.75) is 38.6 Å². The number of amides is 1. The largest absolute Gasteiger partial charge is 0.413 e. The Kier molecular flexibility index (Phi) is 6.16. The van der Waals surface area contributed by atoms with E-state index in [1.54, 1.807) is 12.5 Å². The molecule has 0 unspecified atom stereocenters. The Morgan fingerprint density at radius 3 is 2.97 bits per heavy atom. The van der Waals surface area contributed by atoms with E-state index in [9.17, 15) is 4.79 Å². The second kappa shape index (κ2) is 9.15. The van der Waals surface area contributed by atoms with Crippen molar-refractivity contribution < 1.29 is 18.8 Å². The Hall–Kier alpha value is -2.78. The highest BCUT2D eigenvalue weighted by Gasteiger charge is 2.19. The molecule has 1 N–H and O–H groups in total. The third kappa shape index (κ3) is 4.99. The van der Waals surface area contributed by atoms with E-state index in [2.05, 4.69) is 20.4 Å². The summed E-state index contributed by atoms with van der Waals surface area (Å²) in [7, 11) is 0. The van der Waals surface area contributed by atoms with Crippen LogP contribution in [0.15, 0.2) is 35.2 Å². The molecule has 0 bridgehead atoms. The number of ether oxygens (including phenoxy) is 2. The lowest BCUT2D eigenvalue weighted by Gasteiger charge is -2.22. The molecule has 1 amide bonds. The van der Waals surface area contributed by atoms with Crippen molar-refractivity contribution >= 4 is 17.4 Å². The van der Waals surface area contributed by atoms with Gasteiger partial charge in [-0.05, 0) is 38.3 Å². The van der Waals surface area contributed by atoms with Gasteiger partial charge < -0.3 is 19.3 Å². The van der Waals surface area contributed by atoms with Crippen LogP contribution in [0.5, 0.6) is 5.06 Å². The first-order valence-electron chi connectivity index (χ1n) is 9.56. The molecule has 152 valence electrons. The predicted octanol–water partition coefficient (Wildman–Crippen LogP) is 3.55. The summed E-state index contributed by atoms with van der Waals surface area (Å²) in [6.07, 6.45) is 5.94. The zero-order valence-electron chi connectivity index (χ0n) is 16.1. The van der Waals surface area contributed by atoms with Crippen molar-refractivity contribution in [3.8, 4) is 16.5 Å². The van der Waals surface area contributed by atoms with Crippen LogP contribution in [-0.4, -0.2) is 40.5 Å². The summed E-state index contributed by atoms with van der Waals surface area (Å²) in [5.41, 5.74) is 3.20. The Balaban J connectivity index is 1.35. The van der Waals surface area contributed by atoms with Crippen molar-refractivity contribution in [1.82, 2.24) is 20.4 Å². The maximum absolute atomic E-state index is 12.2. The summed E-state index contributed by atoms with van der Waals surface area (Å²) in [6.45, 7) is 3.17. The van der Waals surface area contributed by atoms with Gasteiger partial charge in [-0.25, -0.2) is 9.78 Å². The molecule has 0 aromatic carbocycles. The van der Waals surface area contributed by atoms with Gasteiger partial charge in [-0.15, -0.1) is 0 Å². The summed E-state index contributed by atoms with van der Waals surface area (Å²) in [6, 6.07) is 5.78. The minimum atomic E-state index is -0.438. The minimum absolute atomic E-state index is 0.0996. The average molecular weight is 414 g/mol. The van der Waals surface area contributed by atoms with Gasteiger partial charge in [-0.1, -0.05) is 22.6 Å². The van der Waals surface area contributed by atoms with E-state index in [1.165, 1.54) is 11.3 Å². The van der Waals surface area contributed by atoms with Gasteiger partial charge in [-0.3, -0.25) is 4.98 Å². The van der Waals surface area contributed by atoms with Gasteiger partial charge in [0.1, 0.15) is 12.0 Å². The second-order valence-corrected chi connectivity index (χ2v) is 7.85. The minimum Gasteiger partial charge on any atom is -0.397 e. The van der Waals surface area contributed by atoms with Gasteiger partial charge in [0.25, 0.3) is 0 Å². The molecule has 3 aromatic heterocycles. The first-order chi connectivity index (χ1) is 14.2. The molecule has 8 nitrogen and oxygen atoms in total. The number of aromatic nitrogens is 3. The van der Waals surface area contributed by atoms with Gasteiger partial charge in [0, 0.05) is 37.4 Å². The molecular weight excluding hydrogens is 392 g/mol. The highest BCUT2D eigenvalue weighted by molar-refractivity contribution is 7.13. The third-order valence-corrected chi connectivity index (χ3v) is 5.78. The van der Waals surface area contributed by atoms with E-state index in [0.717, 1.165) is 34.8 Å². The highest BCUT2D eigenvalue weighted by atomic mass is 32.1. The third-order valence-electron chi connectivity index (χ3n) is 4.69. The zero-order chi connectivity index (χ0) is 20.1. The van der Waals surface area contributed by atoms with Crippen LogP contribution in [0, 0.1) is 6.92 Å². The van der Waals surface area contributed by atoms with Crippen LogP contribution in [0.25, 0.3) is 11.4 Å². The van der Waals surface area contributed by atoms with Gasteiger partial charge in [0.05, 0.1) is 16.4 Å². The van der Waals surface area contributed by atoms with E-state index in [4.69, 9.17) is 14.0 Å². The molecule has 3 aromatic rings. The lowest BCUT2D eigenvalue weighted by Crippen LogP contribution is -2.40. The fraction of sp³-hybridized carbons (Fsp3) is 0.400. The van der Waals surface area contributed by atoms with Crippen molar-refractivity contribution in [2.24, 2.45) is 0 Å². The predicted molar refractivity (Wildman–Crippen MR) is 107 cm³/mol. The molecule has 0 radical (unpaired) electrons. The number of rotatable bonds is 6. The molecule has 1 aliphatic rings. The van der Waals surface area contributed by atoms with Crippen LogP contribution in [-0.2, 0) is 17.6 Å². The number of carbonyl (C=O) groups is 1. The lowest BCUT2D eigenvalue weighted by atomic mass is 10.1. The van der Waals surface area contributed by atoms with Crippen LogP contribution >= 0.6 is 11.3 Å². The fourth-order valence-corrected chi connectivity index (χ4v) is 4.06. The van der Waals surface area contributed by atoms with E-state index in [-0.39, 0.29) is 6.04 Å². The Morgan fingerprint density at radius 1 is 1.31 bits per heavy atom. The van der Waals surface area contributed by atoms with Crippen molar-refractivity contribution in [1.29, 1.82) is 0 Å². The van der Waals surface area contributed by atoms with Crippen molar-refractivity contribution in [2.75, 3.05) is 13.2 Å². The molecule has 0 spiro atoms.